The number of aromatic amines is 1. The molecule has 4 rings (SSSR count). The minimum Gasteiger partial charge on any atom is -0.462 e. The molecule has 9 heteroatoms. The molecule has 1 aliphatic carbocycles. The molecule has 0 saturated heterocycles. The van der Waals surface area contributed by atoms with Crippen LogP contribution in [0, 0.1) is 11.3 Å². The number of carbonyl (C=O) groups is 3. The normalized spacial score (nSPS) is 15.6. The van der Waals surface area contributed by atoms with Gasteiger partial charge >= 0.3 is 11.9 Å². The van der Waals surface area contributed by atoms with Crippen molar-refractivity contribution in [3.05, 3.63) is 46.1 Å². The van der Waals surface area contributed by atoms with Gasteiger partial charge in [-0.2, -0.15) is 0 Å². The molecule has 3 aromatic rings. The molecule has 0 radical (unpaired) electrons. The van der Waals surface area contributed by atoms with Crippen molar-refractivity contribution in [3.63, 3.8) is 0 Å². The van der Waals surface area contributed by atoms with Crippen molar-refractivity contribution in [2.24, 2.45) is 11.3 Å². The molecular formula is C25H29N3O5S. The minimum atomic E-state index is -0.615. The highest BCUT2D eigenvalue weighted by Crippen LogP contribution is 2.44. The van der Waals surface area contributed by atoms with Gasteiger partial charge in [-0.1, -0.05) is 20.8 Å². The van der Waals surface area contributed by atoms with E-state index in [1.807, 2.05) is 0 Å². The number of benzene rings is 1. The van der Waals surface area contributed by atoms with Crippen LogP contribution in [0.5, 0.6) is 0 Å². The number of aromatic nitrogens is 2. The SMILES string of the molecule is CCOC(=O)c1c(NC(=O)COC(=O)c2ccc3nc[nH]c3c2)sc2c1CCC(C(C)(C)C)C2. The highest BCUT2D eigenvalue weighted by molar-refractivity contribution is 7.17. The second-order valence-corrected chi connectivity index (χ2v) is 10.6. The molecule has 2 N–H and O–H groups in total. The van der Waals surface area contributed by atoms with E-state index < -0.39 is 24.5 Å². The van der Waals surface area contributed by atoms with Gasteiger partial charge in [0.2, 0.25) is 0 Å². The number of thiophene rings is 1. The minimum absolute atomic E-state index is 0.155. The van der Waals surface area contributed by atoms with Crippen LogP contribution in [0.1, 0.15) is 65.3 Å². The largest absolute Gasteiger partial charge is 0.462 e. The van der Waals surface area contributed by atoms with E-state index in [1.165, 1.54) is 11.3 Å². The summed E-state index contributed by atoms with van der Waals surface area (Å²) in [6.07, 6.45) is 4.14. The third-order valence-corrected chi connectivity index (χ3v) is 7.38. The highest BCUT2D eigenvalue weighted by atomic mass is 32.1. The molecule has 2 aromatic heterocycles. The number of ether oxygens (including phenoxy) is 2. The molecule has 1 aromatic carbocycles. The van der Waals surface area contributed by atoms with E-state index in [4.69, 9.17) is 9.47 Å². The van der Waals surface area contributed by atoms with Crippen molar-refractivity contribution in [2.45, 2.75) is 47.0 Å². The van der Waals surface area contributed by atoms with Gasteiger partial charge in [-0.3, -0.25) is 4.79 Å². The van der Waals surface area contributed by atoms with Gasteiger partial charge in [0.25, 0.3) is 5.91 Å². The number of amides is 1. The fourth-order valence-corrected chi connectivity index (χ4v) is 5.60. The summed E-state index contributed by atoms with van der Waals surface area (Å²) >= 11 is 1.41. The number of imidazole rings is 1. The lowest BCUT2D eigenvalue weighted by molar-refractivity contribution is -0.119. The van der Waals surface area contributed by atoms with E-state index in [0.717, 1.165) is 35.2 Å². The molecule has 1 unspecified atom stereocenters. The quantitative estimate of drug-likeness (QED) is 0.490. The Bertz CT molecular complexity index is 1240. The molecule has 1 amide bonds. The number of carbonyl (C=O) groups excluding carboxylic acids is 3. The first kappa shape index (κ1) is 23.9. The molecule has 2 heterocycles. The number of esters is 2. The lowest BCUT2D eigenvalue weighted by Gasteiger charge is -2.33. The van der Waals surface area contributed by atoms with Crippen molar-refractivity contribution in [3.8, 4) is 0 Å². The third-order valence-electron chi connectivity index (χ3n) is 6.21. The molecule has 1 atom stereocenters. The smallest absolute Gasteiger partial charge is 0.341 e. The Morgan fingerprint density at radius 3 is 2.74 bits per heavy atom. The summed E-state index contributed by atoms with van der Waals surface area (Å²) in [5.74, 6) is -1.07. The van der Waals surface area contributed by atoms with Gasteiger partial charge in [0.1, 0.15) is 5.00 Å². The second kappa shape index (κ2) is 9.58. The van der Waals surface area contributed by atoms with Crippen LogP contribution in [0.4, 0.5) is 5.00 Å². The molecule has 34 heavy (non-hydrogen) atoms. The predicted octanol–water partition coefficient (Wildman–Crippen LogP) is 4.75. The molecule has 0 fully saturated rings. The lowest BCUT2D eigenvalue weighted by Crippen LogP contribution is -2.26. The number of fused-ring (bicyclic) bond motifs is 2. The number of nitrogens with one attached hydrogen (secondary N) is 2. The van der Waals surface area contributed by atoms with Gasteiger partial charge < -0.3 is 19.8 Å². The summed E-state index contributed by atoms with van der Waals surface area (Å²) in [7, 11) is 0. The first-order chi connectivity index (χ1) is 16.2. The summed E-state index contributed by atoms with van der Waals surface area (Å²) in [5.41, 5.74) is 3.30. The van der Waals surface area contributed by atoms with Crippen molar-refractivity contribution >= 4 is 45.2 Å². The Labute approximate surface area is 202 Å². The number of anilines is 1. The second-order valence-electron chi connectivity index (χ2n) is 9.49. The number of hydrogen-bond donors (Lipinski definition) is 2. The van der Waals surface area contributed by atoms with Crippen molar-refractivity contribution in [1.82, 2.24) is 9.97 Å². The summed E-state index contributed by atoms with van der Waals surface area (Å²) in [4.78, 5) is 45.9. The van der Waals surface area contributed by atoms with Crippen LogP contribution in [0.25, 0.3) is 11.0 Å². The number of hydrogen-bond acceptors (Lipinski definition) is 7. The van der Waals surface area contributed by atoms with Crippen LogP contribution in [0.3, 0.4) is 0 Å². The predicted molar refractivity (Wildman–Crippen MR) is 130 cm³/mol. The van der Waals surface area contributed by atoms with Crippen LogP contribution >= 0.6 is 11.3 Å². The van der Waals surface area contributed by atoms with E-state index in [2.05, 4.69) is 36.1 Å². The molecule has 180 valence electrons. The van der Waals surface area contributed by atoms with Crippen LogP contribution in [0.2, 0.25) is 0 Å². The molecule has 8 nitrogen and oxygen atoms in total. The maximum atomic E-state index is 12.7. The van der Waals surface area contributed by atoms with Gasteiger partial charge in [0.05, 0.1) is 35.1 Å². The first-order valence-corrected chi connectivity index (χ1v) is 12.2. The molecule has 1 aliphatic rings. The van der Waals surface area contributed by atoms with Crippen molar-refractivity contribution in [1.29, 1.82) is 0 Å². The maximum absolute atomic E-state index is 12.7. The number of H-pyrrole nitrogens is 1. The number of rotatable bonds is 6. The summed E-state index contributed by atoms with van der Waals surface area (Å²) in [6, 6.07) is 4.93. The Hall–Kier alpha value is -3.20. The summed E-state index contributed by atoms with van der Waals surface area (Å²) in [6.45, 7) is 8.22. The Morgan fingerprint density at radius 1 is 1.21 bits per heavy atom. The van der Waals surface area contributed by atoms with Gasteiger partial charge in [-0.25, -0.2) is 14.6 Å². The summed E-state index contributed by atoms with van der Waals surface area (Å²) < 4.78 is 10.5. The fraction of sp³-hybridized carbons (Fsp3) is 0.440. The van der Waals surface area contributed by atoms with Gasteiger partial charge in [-0.15, -0.1) is 11.3 Å². The highest BCUT2D eigenvalue weighted by Gasteiger charge is 2.34. The molecule has 0 aliphatic heterocycles. The van der Waals surface area contributed by atoms with Crippen LogP contribution in [0.15, 0.2) is 24.5 Å². The standard InChI is InChI=1S/C25H29N3O5S/c1-5-32-24(31)21-16-8-7-15(25(2,3)4)11-19(16)34-22(21)28-20(29)12-33-23(30)14-6-9-17-18(10-14)27-13-26-17/h6,9-10,13,15H,5,7-8,11-12H2,1-4H3,(H,26,27)(H,28,29). The zero-order valence-corrected chi connectivity index (χ0v) is 20.6. The van der Waals surface area contributed by atoms with E-state index in [-0.39, 0.29) is 12.0 Å². The fourth-order valence-electron chi connectivity index (χ4n) is 4.27. The first-order valence-electron chi connectivity index (χ1n) is 11.4. The zero-order valence-electron chi connectivity index (χ0n) is 19.8. The van der Waals surface area contributed by atoms with E-state index >= 15 is 0 Å². The van der Waals surface area contributed by atoms with Crippen molar-refractivity contribution in [2.75, 3.05) is 18.5 Å². The van der Waals surface area contributed by atoms with Gasteiger partial charge in [-0.05, 0) is 61.3 Å². The maximum Gasteiger partial charge on any atom is 0.341 e. The molecular weight excluding hydrogens is 454 g/mol. The van der Waals surface area contributed by atoms with E-state index in [9.17, 15) is 14.4 Å². The Balaban J connectivity index is 1.47. The summed E-state index contributed by atoms with van der Waals surface area (Å²) in [5, 5.41) is 3.23. The monoisotopic (exact) mass is 483 g/mol. The zero-order chi connectivity index (χ0) is 24.5. The average molecular weight is 484 g/mol. The van der Waals surface area contributed by atoms with E-state index in [1.54, 1.807) is 31.5 Å². The van der Waals surface area contributed by atoms with Crippen LogP contribution < -0.4 is 5.32 Å². The van der Waals surface area contributed by atoms with Crippen LogP contribution in [-0.2, 0) is 27.1 Å². The average Bonchev–Trinajstić information content (AvgIpc) is 3.39. The van der Waals surface area contributed by atoms with Crippen LogP contribution in [-0.4, -0.2) is 41.0 Å². The Kier molecular flexibility index (Phi) is 6.74. The molecule has 0 bridgehead atoms. The Morgan fingerprint density at radius 2 is 2.00 bits per heavy atom. The topological polar surface area (TPSA) is 110 Å². The lowest BCUT2D eigenvalue weighted by atomic mass is 9.72. The van der Waals surface area contributed by atoms with Gasteiger partial charge in [0.15, 0.2) is 6.61 Å². The molecule has 0 spiro atoms. The third kappa shape index (κ3) is 4.99. The van der Waals surface area contributed by atoms with Gasteiger partial charge in [0, 0.05) is 4.88 Å². The molecule has 0 saturated carbocycles. The number of nitrogens with zero attached hydrogens (tertiary/aromatic N) is 1. The van der Waals surface area contributed by atoms with Crippen molar-refractivity contribution < 1.29 is 23.9 Å². The van der Waals surface area contributed by atoms with E-state index in [0.29, 0.717) is 27.6 Å².